The first kappa shape index (κ1) is 13.6. The van der Waals surface area contributed by atoms with Gasteiger partial charge in [0, 0.05) is 17.7 Å². The van der Waals surface area contributed by atoms with Gasteiger partial charge in [-0.15, -0.1) is 0 Å². The van der Waals surface area contributed by atoms with Crippen molar-refractivity contribution in [2.24, 2.45) is 10.2 Å². The number of nitro groups is 1. The molecular formula is C15H11N5O2. The standard InChI is InChI=1S/C15H11N5O2/c21-20(22)12-5-3-4-11(8-12)9-16-17-10-15-18-13-6-1-2-7-14(13)19-15/h1-10H,(H,18,19)/b16-9+,17-10+. The second kappa shape index (κ2) is 5.96. The van der Waals surface area contributed by atoms with Crippen LogP contribution in [0.4, 0.5) is 5.69 Å². The SMILES string of the molecule is O=[N+]([O-])c1cccc(/C=N/N=C/c2nc3ccccc3[nH]2)c1. The van der Waals surface area contributed by atoms with Crippen LogP contribution in [-0.4, -0.2) is 27.3 Å². The number of aromatic nitrogens is 2. The third kappa shape index (κ3) is 3.04. The van der Waals surface area contributed by atoms with E-state index in [1.807, 2.05) is 24.3 Å². The number of H-pyrrole nitrogens is 1. The van der Waals surface area contributed by atoms with E-state index in [0.717, 1.165) is 11.0 Å². The van der Waals surface area contributed by atoms with Crippen molar-refractivity contribution in [2.45, 2.75) is 0 Å². The monoisotopic (exact) mass is 293 g/mol. The van der Waals surface area contributed by atoms with E-state index in [4.69, 9.17) is 0 Å². The van der Waals surface area contributed by atoms with E-state index in [9.17, 15) is 10.1 Å². The maximum atomic E-state index is 10.7. The first-order valence-electron chi connectivity index (χ1n) is 6.48. The van der Waals surface area contributed by atoms with E-state index >= 15 is 0 Å². The van der Waals surface area contributed by atoms with Crippen LogP contribution >= 0.6 is 0 Å². The molecule has 0 bridgehead atoms. The molecule has 0 saturated carbocycles. The highest BCUT2D eigenvalue weighted by molar-refractivity contribution is 5.85. The second-order valence-electron chi connectivity index (χ2n) is 4.48. The number of nitrogens with one attached hydrogen (secondary N) is 1. The highest BCUT2D eigenvalue weighted by Crippen LogP contribution is 2.11. The Morgan fingerprint density at radius 1 is 1.09 bits per heavy atom. The lowest BCUT2D eigenvalue weighted by Gasteiger charge is -1.92. The van der Waals surface area contributed by atoms with Gasteiger partial charge in [-0.25, -0.2) is 4.98 Å². The molecule has 3 rings (SSSR count). The number of fused-ring (bicyclic) bond motifs is 1. The van der Waals surface area contributed by atoms with Crippen LogP contribution in [0.3, 0.4) is 0 Å². The maximum Gasteiger partial charge on any atom is 0.270 e. The van der Waals surface area contributed by atoms with Crippen molar-refractivity contribution in [1.29, 1.82) is 0 Å². The number of nitro benzene ring substituents is 1. The van der Waals surface area contributed by atoms with Gasteiger partial charge in [0.2, 0.25) is 0 Å². The Morgan fingerprint density at radius 2 is 1.91 bits per heavy atom. The van der Waals surface area contributed by atoms with E-state index in [1.54, 1.807) is 12.1 Å². The highest BCUT2D eigenvalue weighted by Gasteiger charge is 2.03. The van der Waals surface area contributed by atoms with Crippen LogP contribution in [0.1, 0.15) is 11.4 Å². The normalized spacial score (nSPS) is 11.6. The van der Waals surface area contributed by atoms with Crippen LogP contribution in [-0.2, 0) is 0 Å². The zero-order chi connectivity index (χ0) is 15.4. The maximum absolute atomic E-state index is 10.7. The van der Waals surface area contributed by atoms with Gasteiger partial charge in [-0.2, -0.15) is 10.2 Å². The summed E-state index contributed by atoms with van der Waals surface area (Å²) < 4.78 is 0. The first-order chi connectivity index (χ1) is 10.7. The summed E-state index contributed by atoms with van der Waals surface area (Å²) in [5.74, 6) is 0.595. The number of rotatable bonds is 4. The van der Waals surface area contributed by atoms with Crippen LogP contribution in [0.2, 0.25) is 0 Å². The fraction of sp³-hybridized carbons (Fsp3) is 0. The molecule has 22 heavy (non-hydrogen) atoms. The van der Waals surface area contributed by atoms with Crippen molar-refractivity contribution < 1.29 is 4.92 Å². The summed E-state index contributed by atoms with van der Waals surface area (Å²) in [4.78, 5) is 17.6. The van der Waals surface area contributed by atoms with Crippen molar-refractivity contribution in [2.75, 3.05) is 0 Å². The van der Waals surface area contributed by atoms with Gasteiger partial charge in [0.25, 0.3) is 5.69 Å². The van der Waals surface area contributed by atoms with Crippen molar-refractivity contribution >= 4 is 29.1 Å². The third-order valence-electron chi connectivity index (χ3n) is 2.94. The van der Waals surface area contributed by atoms with Crippen LogP contribution < -0.4 is 0 Å². The fourth-order valence-corrected chi connectivity index (χ4v) is 1.94. The zero-order valence-electron chi connectivity index (χ0n) is 11.4. The van der Waals surface area contributed by atoms with Crippen molar-refractivity contribution in [3.8, 4) is 0 Å². The average Bonchev–Trinajstić information content (AvgIpc) is 2.94. The second-order valence-corrected chi connectivity index (χ2v) is 4.48. The molecule has 0 atom stereocenters. The molecule has 108 valence electrons. The Balaban J connectivity index is 1.73. The Bertz CT molecular complexity index is 849. The zero-order valence-corrected chi connectivity index (χ0v) is 11.4. The topological polar surface area (TPSA) is 96.5 Å². The van der Waals surface area contributed by atoms with Crippen LogP contribution in [0.25, 0.3) is 11.0 Å². The summed E-state index contributed by atoms with van der Waals surface area (Å²) in [5.41, 5.74) is 2.40. The van der Waals surface area contributed by atoms with Gasteiger partial charge in [-0.05, 0) is 12.1 Å². The number of non-ortho nitro benzene ring substituents is 1. The summed E-state index contributed by atoms with van der Waals surface area (Å²) in [6.45, 7) is 0. The number of nitrogens with zero attached hydrogens (tertiary/aromatic N) is 4. The molecular weight excluding hydrogens is 282 g/mol. The number of para-hydroxylation sites is 2. The van der Waals surface area contributed by atoms with E-state index in [-0.39, 0.29) is 5.69 Å². The minimum atomic E-state index is -0.449. The average molecular weight is 293 g/mol. The lowest BCUT2D eigenvalue weighted by molar-refractivity contribution is -0.384. The van der Waals surface area contributed by atoms with Gasteiger partial charge >= 0.3 is 0 Å². The Hall–Kier alpha value is -3.35. The van der Waals surface area contributed by atoms with Crippen LogP contribution in [0, 0.1) is 10.1 Å². The molecule has 1 N–H and O–H groups in total. The molecule has 7 nitrogen and oxygen atoms in total. The molecule has 3 aromatic rings. The minimum absolute atomic E-state index is 0.0187. The van der Waals surface area contributed by atoms with Gasteiger partial charge in [0.1, 0.15) is 0 Å². The molecule has 0 radical (unpaired) electrons. The summed E-state index contributed by atoms with van der Waals surface area (Å²) in [6, 6.07) is 13.8. The number of imidazole rings is 1. The van der Waals surface area contributed by atoms with E-state index < -0.39 is 4.92 Å². The molecule has 0 saturated heterocycles. The number of hydrogen-bond acceptors (Lipinski definition) is 5. The molecule has 0 spiro atoms. The van der Waals surface area contributed by atoms with E-state index in [1.165, 1.54) is 24.6 Å². The molecule has 2 aromatic carbocycles. The van der Waals surface area contributed by atoms with E-state index in [2.05, 4.69) is 20.2 Å². The molecule has 0 amide bonds. The molecule has 1 heterocycles. The van der Waals surface area contributed by atoms with Crippen molar-refractivity contribution in [3.63, 3.8) is 0 Å². The number of aromatic amines is 1. The molecule has 7 heteroatoms. The predicted octanol–water partition coefficient (Wildman–Crippen LogP) is 2.92. The minimum Gasteiger partial charge on any atom is -0.337 e. The Morgan fingerprint density at radius 3 is 2.73 bits per heavy atom. The van der Waals surface area contributed by atoms with Crippen LogP contribution in [0.5, 0.6) is 0 Å². The van der Waals surface area contributed by atoms with Crippen molar-refractivity contribution in [3.05, 3.63) is 70.0 Å². The Labute approximate surface area is 125 Å². The fourth-order valence-electron chi connectivity index (χ4n) is 1.94. The third-order valence-corrected chi connectivity index (χ3v) is 2.94. The molecule has 0 fully saturated rings. The quantitative estimate of drug-likeness (QED) is 0.455. The van der Waals surface area contributed by atoms with E-state index in [0.29, 0.717) is 11.4 Å². The summed E-state index contributed by atoms with van der Waals surface area (Å²) in [6.07, 6.45) is 2.94. The summed E-state index contributed by atoms with van der Waals surface area (Å²) in [7, 11) is 0. The highest BCUT2D eigenvalue weighted by atomic mass is 16.6. The molecule has 0 aliphatic carbocycles. The number of benzene rings is 2. The first-order valence-corrected chi connectivity index (χ1v) is 6.48. The molecule has 0 aliphatic heterocycles. The summed E-state index contributed by atoms with van der Waals surface area (Å²) in [5, 5.41) is 18.4. The smallest absolute Gasteiger partial charge is 0.270 e. The van der Waals surface area contributed by atoms with Gasteiger partial charge in [-0.3, -0.25) is 10.1 Å². The molecule has 1 aromatic heterocycles. The van der Waals surface area contributed by atoms with Gasteiger partial charge in [-0.1, -0.05) is 24.3 Å². The van der Waals surface area contributed by atoms with Gasteiger partial charge in [0.15, 0.2) is 5.82 Å². The Kier molecular flexibility index (Phi) is 3.69. The lowest BCUT2D eigenvalue weighted by Crippen LogP contribution is -1.89. The van der Waals surface area contributed by atoms with Gasteiger partial charge in [0.05, 0.1) is 28.4 Å². The lowest BCUT2D eigenvalue weighted by atomic mass is 10.2. The van der Waals surface area contributed by atoms with Gasteiger partial charge < -0.3 is 4.98 Å². The number of hydrogen-bond donors (Lipinski definition) is 1. The predicted molar refractivity (Wildman–Crippen MR) is 84.4 cm³/mol. The summed E-state index contributed by atoms with van der Waals surface area (Å²) >= 11 is 0. The van der Waals surface area contributed by atoms with Crippen LogP contribution in [0.15, 0.2) is 58.7 Å². The van der Waals surface area contributed by atoms with Crippen molar-refractivity contribution in [1.82, 2.24) is 9.97 Å². The molecule has 0 unspecified atom stereocenters. The molecule has 0 aliphatic rings. The largest absolute Gasteiger partial charge is 0.337 e.